The maximum Gasteiger partial charge on any atom is 0.163 e. The van der Waals surface area contributed by atoms with E-state index in [-0.39, 0.29) is 42.9 Å². The number of rotatable bonds is 2. The molecule has 0 saturated carbocycles. The van der Waals surface area contributed by atoms with E-state index in [9.17, 15) is 0 Å². The van der Waals surface area contributed by atoms with Crippen LogP contribution in [0.2, 0.25) is 0 Å². The fourth-order valence-corrected chi connectivity index (χ4v) is 1.07. The van der Waals surface area contributed by atoms with Gasteiger partial charge in [-0.2, -0.15) is 31.4 Å². The zero-order valence-corrected chi connectivity index (χ0v) is 11.9. The number of aromatic nitrogens is 2. The molecule has 0 aliphatic heterocycles. The number of nitrogens with two attached hydrogens (primary N) is 4. The number of hydrazine groups is 1. The van der Waals surface area contributed by atoms with Crippen molar-refractivity contribution in [3.05, 3.63) is 22.5 Å². The van der Waals surface area contributed by atoms with Gasteiger partial charge in [0, 0.05) is 0 Å². The maximum absolute atomic E-state index is 8.52. The summed E-state index contributed by atoms with van der Waals surface area (Å²) in [6, 6.07) is 8.64. The summed E-state index contributed by atoms with van der Waals surface area (Å²) < 4.78 is 0. The number of allylic oxidation sites excluding steroid dienone is 2. The number of hydrogen-bond acceptors (Lipinski definition) is 10. The third-order valence-corrected chi connectivity index (χ3v) is 2.05. The van der Waals surface area contributed by atoms with Gasteiger partial charge in [-0.15, -0.1) is 0 Å². The minimum absolute atomic E-state index is 0. The van der Waals surface area contributed by atoms with E-state index in [1.165, 1.54) is 0 Å². The predicted molar refractivity (Wildman–Crippen MR) is 84.8 cm³/mol. The Kier molecular flexibility index (Phi) is 15.9. The minimum Gasteiger partial charge on any atom is -0.400 e. The molecule has 11 nitrogen and oxygen atoms in total. The van der Waals surface area contributed by atoms with Crippen molar-refractivity contribution in [3.63, 3.8) is 0 Å². The van der Waals surface area contributed by atoms with Gasteiger partial charge in [0.2, 0.25) is 0 Å². The summed E-state index contributed by atoms with van der Waals surface area (Å²) in [4.78, 5) is 0. The molecule has 0 atom stereocenters. The molecule has 0 aliphatic carbocycles. The predicted octanol–water partition coefficient (Wildman–Crippen LogP) is -0.455. The van der Waals surface area contributed by atoms with Crippen molar-refractivity contribution in [2.75, 3.05) is 5.73 Å². The van der Waals surface area contributed by atoms with Crippen LogP contribution in [0, 0.1) is 56.7 Å². The quantitative estimate of drug-likeness (QED) is 0.265. The van der Waals surface area contributed by atoms with Gasteiger partial charge in [0.25, 0.3) is 0 Å². The largest absolute Gasteiger partial charge is 0.400 e. The van der Waals surface area contributed by atoms with Gasteiger partial charge < -0.3 is 11.5 Å². The highest BCUT2D eigenvalue weighted by Crippen LogP contribution is 2.11. The Balaban J connectivity index is -0.000000322. The third kappa shape index (κ3) is 8.26. The fourth-order valence-electron chi connectivity index (χ4n) is 1.07. The summed E-state index contributed by atoms with van der Waals surface area (Å²) in [6.07, 6.45) is 0.0591. The molecule has 0 saturated heterocycles. The third-order valence-electron chi connectivity index (χ3n) is 2.05. The molecular formula is C13H17N11. The highest BCUT2D eigenvalue weighted by atomic mass is 15.2. The summed E-state index contributed by atoms with van der Waals surface area (Å²) in [5.41, 5.74) is 11.1. The van der Waals surface area contributed by atoms with E-state index in [0.29, 0.717) is 5.69 Å². The van der Waals surface area contributed by atoms with Gasteiger partial charge in [-0.3, -0.25) is 16.8 Å². The first-order valence-corrected chi connectivity index (χ1v) is 5.64. The number of nitriles is 5. The highest BCUT2D eigenvalue weighted by Gasteiger charge is 2.08. The van der Waals surface area contributed by atoms with Crippen LogP contribution in [0.5, 0.6) is 0 Å². The Hall–Kier alpha value is -4.08. The van der Waals surface area contributed by atoms with Crippen LogP contribution in [0.25, 0.3) is 0 Å². The molecule has 1 rings (SSSR count). The fraction of sp³-hybridized carbons (Fsp3) is 0.231. The van der Waals surface area contributed by atoms with E-state index in [1.54, 1.807) is 18.2 Å². The maximum atomic E-state index is 8.52. The van der Waals surface area contributed by atoms with Crippen molar-refractivity contribution in [1.82, 2.24) is 10.2 Å². The van der Waals surface area contributed by atoms with Gasteiger partial charge in [-0.1, -0.05) is 7.43 Å². The molecule has 0 radical (unpaired) electrons. The van der Waals surface area contributed by atoms with Gasteiger partial charge in [0.05, 0.1) is 36.4 Å². The molecule has 24 heavy (non-hydrogen) atoms. The number of nitrogens with zero attached hydrogens (tertiary/aromatic N) is 6. The Morgan fingerprint density at radius 2 is 1.58 bits per heavy atom. The lowest BCUT2D eigenvalue weighted by molar-refractivity contribution is 1.02. The zero-order valence-electron chi connectivity index (χ0n) is 11.9. The van der Waals surface area contributed by atoms with Crippen molar-refractivity contribution in [2.45, 2.75) is 20.3 Å². The molecule has 0 aliphatic rings. The SMILES string of the molecule is C.N#CCC(N)=C(C#N)C#N.N#CCc1[nH]nc(N)c1C#N.NN. The molecule has 0 bridgehead atoms. The average molecular weight is 327 g/mol. The number of nitrogen functional groups attached to an aromatic ring is 1. The second-order valence-electron chi connectivity index (χ2n) is 3.37. The van der Waals surface area contributed by atoms with Crippen molar-refractivity contribution in [3.8, 4) is 30.3 Å². The van der Waals surface area contributed by atoms with Gasteiger partial charge in [-0.25, -0.2) is 0 Å². The van der Waals surface area contributed by atoms with E-state index in [2.05, 4.69) is 21.9 Å². The number of hydrogen-bond donors (Lipinski definition) is 5. The molecule has 1 heterocycles. The van der Waals surface area contributed by atoms with Crippen molar-refractivity contribution < 1.29 is 0 Å². The van der Waals surface area contributed by atoms with Crippen LogP contribution >= 0.6 is 0 Å². The van der Waals surface area contributed by atoms with Crippen LogP contribution in [-0.2, 0) is 6.42 Å². The van der Waals surface area contributed by atoms with Gasteiger partial charge in [0.15, 0.2) is 5.82 Å². The first-order chi connectivity index (χ1) is 11.0. The van der Waals surface area contributed by atoms with E-state index in [1.807, 2.05) is 12.1 Å². The van der Waals surface area contributed by atoms with Crippen LogP contribution in [0.15, 0.2) is 11.3 Å². The van der Waals surface area contributed by atoms with E-state index >= 15 is 0 Å². The number of H-pyrrole nitrogens is 1. The van der Waals surface area contributed by atoms with E-state index < -0.39 is 0 Å². The molecule has 1 aromatic rings. The molecular weight excluding hydrogens is 310 g/mol. The molecule has 0 amide bonds. The van der Waals surface area contributed by atoms with Crippen LogP contribution in [-0.4, -0.2) is 10.2 Å². The van der Waals surface area contributed by atoms with Gasteiger partial charge in [-0.05, 0) is 0 Å². The smallest absolute Gasteiger partial charge is 0.163 e. The second kappa shape index (κ2) is 15.3. The lowest BCUT2D eigenvalue weighted by atomic mass is 10.2. The standard InChI is InChI=1S/C6H5N5.C6H4N4.CH4.H4N2/c7-2-1-5-4(3-8)6(9)11-10-5;7-2-1-6(10)5(3-8)4-9;;1-2/h1H2,(H3,9,10,11);1,10H2;1H4;1-2H2. The molecule has 124 valence electrons. The van der Waals surface area contributed by atoms with Crippen molar-refractivity contribution in [2.24, 2.45) is 17.4 Å². The Morgan fingerprint density at radius 3 is 1.96 bits per heavy atom. The Labute approximate surface area is 139 Å². The van der Waals surface area contributed by atoms with E-state index in [0.717, 1.165) is 0 Å². The molecule has 0 unspecified atom stereocenters. The molecule has 11 heteroatoms. The van der Waals surface area contributed by atoms with Crippen LogP contribution in [0.3, 0.4) is 0 Å². The van der Waals surface area contributed by atoms with E-state index in [4.69, 9.17) is 37.8 Å². The zero-order chi connectivity index (χ0) is 18.3. The lowest BCUT2D eigenvalue weighted by Crippen LogP contribution is -2.02. The summed E-state index contributed by atoms with van der Waals surface area (Å²) >= 11 is 0. The highest BCUT2D eigenvalue weighted by molar-refractivity contribution is 5.51. The Morgan fingerprint density at radius 1 is 1.04 bits per heavy atom. The van der Waals surface area contributed by atoms with Crippen LogP contribution < -0.4 is 23.2 Å². The lowest BCUT2D eigenvalue weighted by Gasteiger charge is -1.88. The topological polar surface area (TPSA) is 252 Å². The first-order valence-electron chi connectivity index (χ1n) is 5.64. The van der Waals surface area contributed by atoms with Gasteiger partial charge >= 0.3 is 0 Å². The second-order valence-corrected chi connectivity index (χ2v) is 3.37. The monoisotopic (exact) mass is 327 g/mol. The summed E-state index contributed by atoms with van der Waals surface area (Å²) in [5, 5.41) is 47.4. The number of anilines is 1. The summed E-state index contributed by atoms with van der Waals surface area (Å²) in [6.45, 7) is 0. The van der Waals surface area contributed by atoms with Crippen LogP contribution in [0.1, 0.15) is 25.1 Å². The molecule has 0 fully saturated rings. The minimum atomic E-state index is -0.179. The Bertz CT molecular complexity index is 721. The first kappa shape index (κ1) is 24.9. The number of nitrogens with one attached hydrogen (secondary N) is 1. The number of aromatic amines is 1. The van der Waals surface area contributed by atoms with Crippen molar-refractivity contribution in [1.29, 1.82) is 26.3 Å². The van der Waals surface area contributed by atoms with Gasteiger partial charge in [0.1, 0.15) is 29.3 Å². The molecule has 0 aromatic carbocycles. The summed E-state index contributed by atoms with van der Waals surface area (Å²) in [7, 11) is 0. The molecule has 0 spiro atoms. The van der Waals surface area contributed by atoms with Crippen LogP contribution in [0.4, 0.5) is 5.82 Å². The molecule has 1 aromatic heterocycles. The average Bonchev–Trinajstić information content (AvgIpc) is 2.92. The molecule has 9 N–H and O–H groups in total. The normalized spacial score (nSPS) is 6.88. The van der Waals surface area contributed by atoms with Crippen molar-refractivity contribution >= 4 is 5.82 Å². The summed E-state index contributed by atoms with van der Waals surface area (Å²) in [5.74, 6) is 8.15.